The lowest BCUT2D eigenvalue weighted by atomic mass is 9.84. The zero-order valence-electron chi connectivity index (χ0n) is 23.2. The van der Waals surface area contributed by atoms with Gasteiger partial charge in [-0.15, -0.1) is 0 Å². The van der Waals surface area contributed by atoms with Crippen LogP contribution in [0.5, 0.6) is 0 Å². The molecule has 5 rings (SSSR count). The fraction of sp³-hybridized carbons (Fsp3) is 0.433. The van der Waals surface area contributed by atoms with E-state index in [-0.39, 0.29) is 17.6 Å². The first-order valence-corrected chi connectivity index (χ1v) is 13.7. The van der Waals surface area contributed by atoms with Crippen LogP contribution in [0.3, 0.4) is 0 Å². The average Bonchev–Trinajstić information content (AvgIpc) is 3.28. The number of benzene rings is 1. The average molecular weight is 550 g/mol. The molecular weight excluding hydrogens is 514 g/mol. The fourth-order valence-corrected chi connectivity index (χ4v) is 5.60. The largest absolute Gasteiger partial charge is 0.449 e. The Hall–Kier alpha value is -3.20. The number of imidazole rings is 1. The molecule has 0 radical (unpaired) electrons. The highest BCUT2D eigenvalue weighted by atomic mass is 35.5. The van der Waals surface area contributed by atoms with E-state index in [1.54, 1.807) is 30.5 Å². The third kappa shape index (κ3) is 5.46. The topological polar surface area (TPSA) is 83.7 Å². The highest BCUT2D eigenvalue weighted by molar-refractivity contribution is 6.30. The number of aromatic nitrogens is 3. The summed E-state index contributed by atoms with van der Waals surface area (Å²) in [6, 6.07) is 9.60. The Morgan fingerprint density at radius 3 is 2.56 bits per heavy atom. The van der Waals surface area contributed by atoms with Crippen molar-refractivity contribution in [1.82, 2.24) is 24.3 Å². The molecule has 9 heteroatoms. The van der Waals surface area contributed by atoms with Gasteiger partial charge in [-0.25, -0.2) is 9.78 Å². The van der Waals surface area contributed by atoms with Crippen LogP contribution in [-0.2, 0) is 17.4 Å². The SMILES string of the molecule is Cn1cncc1[C@](C)(O)C1=Cc2cccnc2[C@@H](N2CCN(C(=O)OCC(C)(C)C)CC2)c2ccc(Cl)cc21. The first-order valence-electron chi connectivity index (χ1n) is 13.3. The first-order chi connectivity index (χ1) is 18.5. The van der Waals surface area contributed by atoms with Crippen LogP contribution in [0.25, 0.3) is 11.6 Å². The van der Waals surface area contributed by atoms with E-state index in [1.165, 1.54) is 0 Å². The summed E-state index contributed by atoms with van der Waals surface area (Å²) in [5.41, 5.74) is 3.68. The van der Waals surface area contributed by atoms with Crippen molar-refractivity contribution in [3.8, 4) is 0 Å². The molecule has 1 aliphatic heterocycles. The monoisotopic (exact) mass is 549 g/mol. The highest BCUT2D eigenvalue weighted by Crippen LogP contribution is 2.46. The van der Waals surface area contributed by atoms with E-state index >= 15 is 0 Å². The van der Waals surface area contributed by atoms with Crippen molar-refractivity contribution >= 4 is 29.3 Å². The normalized spacial score (nSPS) is 19.4. The highest BCUT2D eigenvalue weighted by Gasteiger charge is 2.39. The number of hydrogen-bond acceptors (Lipinski definition) is 6. The molecule has 2 atom stereocenters. The molecule has 1 aliphatic carbocycles. The summed E-state index contributed by atoms with van der Waals surface area (Å²) >= 11 is 6.55. The van der Waals surface area contributed by atoms with Gasteiger partial charge in [-0.1, -0.05) is 44.5 Å². The molecule has 1 amide bonds. The Labute approximate surface area is 234 Å². The number of hydrogen-bond donors (Lipinski definition) is 1. The number of aryl methyl sites for hydroxylation is 1. The lowest BCUT2D eigenvalue weighted by molar-refractivity contribution is 0.0493. The van der Waals surface area contributed by atoms with Gasteiger partial charge in [-0.05, 0) is 58.9 Å². The van der Waals surface area contributed by atoms with E-state index in [9.17, 15) is 9.90 Å². The molecule has 0 bridgehead atoms. The molecule has 1 saturated heterocycles. The van der Waals surface area contributed by atoms with E-state index in [2.05, 4.69) is 9.88 Å². The van der Waals surface area contributed by atoms with Gasteiger partial charge in [0.1, 0.15) is 5.60 Å². The lowest BCUT2D eigenvalue weighted by Crippen LogP contribution is -2.50. The van der Waals surface area contributed by atoms with Gasteiger partial charge >= 0.3 is 6.09 Å². The Bertz CT molecular complexity index is 1400. The first kappa shape index (κ1) is 27.4. The van der Waals surface area contributed by atoms with E-state index < -0.39 is 5.60 Å². The molecule has 3 aromatic rings. The van der Waals surface area contributed by atoms with E-state index in [0.29, 0.717) is 43.5 Å². The summed E-state index contributed by atoms with van der Waals surface area (Å²) in [7, 11) is 1.87. The second-order valence-corrected chi connectivity index (χ2v) is 12.2. The van der Waals surface area contributed by atoms with Gasteiger partial charge in [0.15, 0.2) is 0 Å². The predicted molar refractivity (Wildman–Crippen MR) is 152 cm³/mol. The number of fused-ring (bicyclic) bond motifs is 2. The summed E-state index contributed by atoms with van der Waals surface area (Å²) in [6.07, 6.45) is 6.93. The number of halogens is 1. The smallest absolute Gasteiger partial charge is 0.409 e. The Morgan fingerprint density at radius 2 is 1.90 bits per heavy atom. The number of amides is 1. The second-order valence-electron chi connectivity index (χ2n) is 11.8. The third-order valence-corrected chi connectivity index (χ3v) is 7.67. The van der Waals surface area contributed by atoms with E-state index in [1.807, 2.05) is 68.8 Å². The van der Waals surface area contributed by atoms with E-state index in [4.69, 9.17) is 21.3 Å². The molecule has 3 heterocycles. The number of ether oxygens (including phenoxy) is 1. The van der Waals surface area contributed by atoms with Gasteiger partial charge < -0.3 is 19.3 Å². The van der Waals surface area contributed by atoms with Gasteiger partial charge in [0, 0.05) is 44.4 Å². The molecule has 1 N–H and O–H groups in total. The number of rotatable bonds is 4. The van der Waals surface area contributed by atoms with Crippen molar-refractivity contribution in [3.05, 3.63) is 82.2 Å². The van der Waals surface area contributed by atoms with Crippen LogP contribution in [0.15, 0.2) is 49.1 Å². The molecule has 0 saturated carbocycles. The summed E-state index contributed by atoms with van der Waals surface area (Å²) in [4.78, 5) is 25.9. The number of pyridine rings is 1. The Kier molecular flexibility index (Phi) is 7.31. The quantitative estimate of drug-likeness (QED) is 0.486. The van der Waals surface area contributed by atoms with Crippen molar-refractivity contribution < 1.29 is 14.6 Å². The fourth-order valence-electron chi connectivity index (χ4n) is 5.43. The molecule has 1 fully saturated rings. The van der Waals surface area contributed by atoms with Crippen LogP contribution in [0.1, 0.15) is 61.8 Å². The lowest BCUT2D eigenvalue weighted by Gasteiger charge is -2.39. The van der Waals surface area contributed by atoms with Crippen molar-refractivity contribution in [2.75, 3.05) is 32.8 Å². The van der Waals surface area contributed by atoms with Gasteiger partial charge in [0.05, 0.1) is 36.6 Å². The zero-order chi connectivity index (χ0) is 27.9. The third-order valence-electron chi connectivity index (χ3n) is 7.44. The molecule has 206 valence electrons. The van der Waals surface area contributed by atoms with Crippen LogP contribution in [-0.4, -0.2) is 68.3 Å². The van der Waals surface area contributed by atoms with Crippen LogP contribution < -0.4 is 0 Å². The molecule has 39 heavy (non-hydrogen) atoms. The van der Waals surface area contributed by atoms with E-state index in [0.717, 1.165) is 28.0 Å². The molecular formula is C30H36ClN5O3. The van der Waals surface area contributed by atoms with Gasteiger partial charge in [-0.3, -0.25) is 9.88 Å². The summed E-state index contributed by atoms with van der Waals surface area (Å²) in [6.45, 7) is 10.7. The van der Waals surface area contributed by atoms with Crippen LogP contribution >= 0.6 is 11.6 Å². The molecule has 8 nitrogen and oxygen atoms in total. The van der Waals surface area contributed by atoms with Crippen molar-refractivity contribution in [2.45, 2.75) is 39.3 Å². The van der Waals surface area contributed by atoms with Crippen LogP contribution in [0.4, 0.5) is 4.79 Å². The maximum absolute atomic E-state index is 12.7. The standard InChI is InChI=1S/C30H36ClN5O3/c1-29(2,3)18-39-28(37)36-13-11-35(12-14-36)27-22-9-8-21(31)16-23(22)24(15-20-7-6-10-33-26(20)27)30(4,38)25-17-32-19-34(25)5/h6-10,15-17,19,27,38H,11-14,18H2,1-5H3/t27-,30+/m0/s1. The van der Waals surface area contributed by atoms with Gasteiger partial charge in [0.25, 0.3) is 0 Å². The maximum atomic E-state index is 12.7. The summed E-state index contributed by atoms with van der Waals surface area (Å²) in [5.74, 6) is 0. The minimum absolute atomic E-state index is 0.0837. The van der Waals surface area contributed by atoms with Gasteiger partial charge in [-0.2, -0.15) is 0 Å². The maximum Gasteiger partial charge on any atom is 0.409 e. The minimum atomic E-state index is -1.35. The Balaban J connectivity index is 1.52. The number of nitrogens with zero attached hydrogens (tertiary/aromatic N) is 5. The molecule has 0 unspecified atom stereocenters. The number of piperazine rings is 1. The van der Waals surface area contributed by atoms with Crippen LogP contribution in [0.2, 0.25) is 5.02 Å². The van der Waals surface area contributed by atoms with Crippen molar-refractivity contribution in [1.29, 1.82) is 0 Å². The summed E-state index contributed by atoms with van der Waals surface area (Å²) in [5, 5.41) is 12.6. The van der Waals surface area contributed by atoms with Gasteiger partial charge in [0.2, 0.25) is 0 Å². The van der Waals surface area contributed by atoms with Crippen LogP contribution in [0, 0.1) is 5.41 Å². The number of carbonyl (C=O) groups is 1. The molecule has 0 spiro atoms. The number of carbonyl (C=O) groups excluding carboxylic acids is 1. The van der Waals surface area contributed by atoms with Crippen molar-refractivity contribution in [3.63, 3.8) is 0 Å². The number of aliphatic hydroxyl groups is 1. The second kappa shape index (κ2) is 10.4. The molecule has 2 aromatic heterocycles. The predicted octanol–water partition coefficient (Wildman–Crippen LogP) is 5.12. The zero-order valence-corrected chi connectivity index (χ0v) is 23.9. The summed E-state index contributed by atoms with van der Waals surface area (Å²) < 4.78 is 7.40. The Morgan fingerprint density at radius 1 is 1.15 bits per heavy atom. The molecule has 1 aromatic carbocycles. The molecule has 2 aliphatic rings. The minimum Gasteiger partial charge on any atom is -0.449 e. The van der Waals surface area contributed by atoms with Crippen molar-refractivity contribution in [2.24, 2.45) is 12.5 Å².